The third kappa shape index (κ3) is 6.70. The average Bonchev–Trinajstić information content (AvgIpc) is 1.79. The number of nitrogens with one attached hydrogen (secondary N) is 2. The summed E-state index contributed by atoms with van der Waals surface area (Å²) in [6, 6.07) is -0.731. The molecular formula is C4H9N3O3. The van der Waals surface area contributed by atoms with Crippen LogP contribution >= 0.6 is 0 Å². The Hall–Kier alpha value is -1.30. The minimum atomic E-state index is -0.932. The number of amides is 2. The zero-order valence-electron chi connectivity index (χ0n) is 5.26. The van der Waals surface area contributed by atoms with Crippen LogP contribution in [0.4, 0.5) is 4.79 Å². The van der Waals surface area contributed by atoms with Crippen molar-refractivity contribution in [2.24, 2.45) is 5.73 Å². The monoisotopic (exact) mass is 147 g/mol. The van der Waals surface area contributed by atoms with E-state index in [0.717, 1.165) is 0 Å². The van der Waals surface area contributed by atoms with E-state index < -0.39 is 12.0 Å². The van der Waals surface area contributed by atoms with Gasteiger partial charge in [-0.15, -0.1) is 0 Å². The Labute approximate surface area is 57.4 Å². The number of carboxylic acid groups (broad SMARTS) is 1. The number of nitrogens with two attached hydrogens (primary N) is 1. The molecule has 6 heteroatoms. The third-order valence-corrected chi connectivity index (χ3v) is 0.675. The summed E-state index contributed by atoms with van der Waals surface area (Å²) in [6.07, 6.45) is -0.0553. The number of hydrazine groups is 1. The number of primary amides is 1. The highest BCUT2D eigenvalue weighted by atomic mass is 16.4. The second-order valence-corrected chi connectivity index (χ2v) is 1.56. The highest BCUT2D eigenvalue weighted by molar-refractivity contribution is 5.71. The lowest BCUT2D eigenvalue weighted by atomic mass is 10.4. The van der Waals surface area contributed by atoms with Crippen molar-refractivity contribution in [2.75, 3.05) is 6.54 Å². The number of aliphatic carboxylic acids is 1. The maximum absolute atomic E-state index is 9.95. The molecule has 0 aliphatic heterocycles. The summed E-state index contributed by atoms with van der Waals surface area (Å²) in [7, 11) is 0. The van der Waals surface area contributed by atoms with Crippen LogP contribution in [0.2, 0.25) is 0 Å². The van der Waals surface area contributed by atoms with E-state index in [-0.39, 0.29) is 13.0 Å². The number of hydrogen-bond acceptors (Lipinski definition) is 3. The largest absolute Gasteiger partial charge is 0.481 e. The van der Waals surface area contributed by atoms with Gasteiger partial charge in [0, 0.05) is 6.54 Å². The molecular weight excluding hydrogens is 138 g/mol. The van der Waals surface area contributed by atoms with Crippen molar-refractivity contribution in [3.63, 3.8) is 0 Å². The molecule has 0 spiro atoms. The van der Waals surface area contributed by atoms with Gasteiger partial charge < -0.3 is 10.8 Å². The van der Waals surface area contributed by atoms with E-state index in [4.69, 9.17) is 5.11 Å². The normalized spacial score (nSPS) is 8.80. The van der Waals surface area contributed by atoms with Gasteiger partial charge in [0.05, 0.1) is 6.42 Å². The Morgan fingerprint density at radius 1 is 1.50 bits per heavy atom. The summed E-state index contributed by atoms with van der Waals surface area (Å²) in [4.78, 5) is 19.8. The first-order valence-corrected chi connectivity index (χ1v) is 2.63. The number of rotatable bonds is 4. The second kappa shape index (κ2) is 4.57. The first-order valence-electron chi connectivity index (χ1n) is 2.63. The van der Waals surface area contributed by atoms with E-state index in [0.29, 0.717) is 0 Å². The molecule has 0 saturated heterocycles. The van der Waals surface area contributed by atoms with Crippen LogP contribution in [-0.4, -0.2) is 23.7 Å². The van der Waals surface area contributed by atoms with Gasteiger partial charge in [0.15, 0.2) is 0 Å². The topological polar surface area (TPSA) is 104 Å². The molecule has 5 N–H and O–H groups in total. The summed E-state index contributed by atoms with van der Waals surface area (Å²) in [5, 5.41) is 8.09. The maximum atomic E-state index is 9.95. The highest BCUT2D eigenvalue weighted by Gasteiger charge is 1.94. The predicted molar refractivity (Wildman–Crippen MR) is 33.0 cm³/mol. The first-order chi connectivity index (χ1) is 4.63. The molecule has 2 amide bonds. The summed E-state index contributed by atoms with van der Waals surface area (Å²) >= 11 is 0. The van der Waals surface area contributed by atoms with Gasteiger partial charge in [0.2, 0.25) is 0 Å². The Morgan fingerprint density at radius 2 is 2.10 bits per heavy atom. The number of carbonyl (C=O) groups excluding carboxylic acids is 1. The third-order valence-electron chi connectivity index (χ3n) is 0.675. The van der Waals surface area contributed by atoms with Crippen LogP contribution in [0.5, 0.6) is 0 Å². The van der Waals surface area contributed by atoms with Crippen LogP contribution in [0.1, 0.15) is 6.42 Å². The van der Waals surface area contributed by atoms with E-state index in [1.165, 1.54) is 0 Å². The smallest absolute Gasteiger partial charge is 0.326 e. The van der Waals surface area contributed by atoms with E-state index in [1.807, 2.05) is 5.43 Å². The van der Waals surface area contributed by atoms with Crippen LogP contribution in [0.25, 0.3) is 0 Å². The van der Waals surface area contributed by atoms with Gasteiger partial charge in [0.25, 0.3) is 0 Å². The van der Waals surface area contributed by atoms with Crippen molar-refractivity contribution in [3.8, 4) is 0 Å². The molecule has 0 aliphatic rings. The molecule has 0 aromatic rings. The van der Waals surface area contributed by atoms with Gasteiger partial charge >= 0.3 is 12.0 Å². The van der Waals surface area contributed by atoms with Crippen molar-refractivity contribution in [2.45, 2.75) is 6.42 Å². The predicted octanol–water partition coefficient (Wildman–Crippen LogP) is -1.37. The van der Waals surface area contributed by atoms with Crippen LogP contribution in [-0.2, 0) is 4.79 Å². The van der Waals surface area contributed by atoms with Gasteiger partial charge in [-0.3, -0.25) is 10.2 Å². The molecule has 58 valence electrons. The van der Waals surface area contributed by atoms with Gasteiger partial charge in [0.1, 0.15) is 0 Å². The average molecular weight is 147 g/mol. The van der Waals surface area contributed by atoms with Crippen LogP contribution in [0, 0.1) is 0 Å². The van der Waals surface area contributed by atoms with Gasteiger partial charge in [-0.05, 0) is 0 Å². The Bertz CT molecular complexity index is 120. The van der Waals surface area contributed by atoms with Gasteiger partial charge in [-0.25, -0.2) is 10.2 Å². The minimum absolute atomic E-state index is 0.0553. The fourth-order valence-corrected chi connectivity index (χ4v) is 0.319. The number of carboxylic acids is 1. The lowest BCUT2D eigenvalue weighted by molar-refractivity contribution is -0.136. The van der Waals surface area contributed by atoms with E-state index >= 15 is 0 Å². The Morgan fingerprint density at radius 3 is 2.50 bits per heavy atom. The fourth-order valence-electron chi connectivity index (χ4n) is 0.319. The second-order valence-electron chi connectivity index (χ2n) is 1.56. The van der Waals surface area contributed by atoms with Gasteiger partial charge in [-0.1, -0.05) is 0 Å². The first kappa shape index (κ1) is 8.70. The van der Waals surface area contributed by atoms with E-state index in [2.05, 4.69) is 11.2 Å². The van der Waals surface area contributed by atoms with Crippen molar-refractivity contribution in [1.82, 2.24) is 10.9 Å². The highest BCUT2D eigenvalue weighted by Crippen LogP contribution is 1.71. The summed E-state index contributed by atoms with van der Waals surface area (Å²) in [6.45, 7) is 0.165. The molecule has 6 nitrogen and oxygen atoms in total. The summed E-state index contributed by atoms with van der Waals surface area (Å²) in [5.41, 5.74) is 8.99. The molecule has 0 bridgehead atoms. The molecule has 0 heterocycles. The quantitative estimate of drug-likeness (QED) is 0.291. The molecule has 10 heavy (non-hydrogen) atoms. The Kier molecular flexibility index (Phi) is 3.97. The lowest BCUT2D eigenvalue weighted by Crippen LogP contribution is -2.41. The summed E-state index contributed by atoms with van der Waals surface area (Å²) in [5.74, 6) is -0.932. The van der Waals surface area contributed by atoms with Crippen molar-refractivity contribution < 1.29 is 14.7 Å². The standard InChI is InChI=1S/C4H9N3O3/c5-4(10)7-6-2-1-3(8)9/h6H,1-2H2,(H,8,9)(H3,5,7,10). The fraction of sp³-hybridized carbons (Fsp3) is 0.500. The number of hydrogen-bond donors (Lipinski definition) is 4. The van der Waals surface area contributed by atoms with E-state index in [1.54, 1.807) is 0 Å². The lowest BCUT2D eigenvalue weighted by Gasteiger charge is -2.00. The molecule has 0 saturated carbocycles. The molecule has 0 atom stereocenters. The van der Waals surface area contributed by atoms with Crippen LogP contribution < -0.4 is 16.6 Å². The molecule has 0 unspecified atom stereocenters. The zero-order chi connectivity index (χ0) is 7.98. The molecule has 0 aromatic heterocycles. The zero-order valence-corrected chi connectivity index (χ0v) is 5.26. The van der Waals surface area contributed by atoms with Crippen molar-refractivity contribution in [3.05, 3.63) is 0 Å². The van der Waals surface area contributed by atoms with Crippen molar-refractivity contribution >= 4 is 12.0 Å². The van der Waals surface area contributed by atoms with E-state index in [9.17, 15) is 9.59 Å². The SMILES string of the molecule is NC(=O)NNCCC(=O)O. The number of urea groups is 1. The minimum Gasteiger partial charge on any atom is -0.481 e. The van der Waals surface area contributed by atoms with Gasteiger partial charge in [-0.2, -0.15) is 0 Å². The molecule has 0 rings (SSSR count). The van der Waals surface area contributed by atoms with Crippen molar-refractivity contribution in [1.29, 1.82) is 0 Å². The molecule has 0 fully saturated rings. The Balaban J connectivity index is 3.06. The molecule has 0 aromatic carbocycles. The maximum Gasteiger partial charge on any atom is 0.326 e. The van der Waals surface area contributed by atoms with Crippen LogP contribution in [0.3, 0.4) is 0 Å². The number of carbonyl (C=O) groups is 2. The molecule has 0 radical (unpaired) electrons. The molecule has 0 aliphatic carbocycles. The summed E-state index contributed by atoms with van der Waals surface area (Å²) < 4.78 is 0. The van der Waals surface area contributed by atoms with Crippen LogP contribution in [0.15, 0.2) is 0 Å².